The van der Waals surface area contributed by atoms with Crippen LogP contribution in [0.25, 0.3) is 0 Å². The molecule has 2 fully saturated rings. The molecule has 1 aromatic heterocycles. The maximum atomic E-state index is 14.8. The van der Waals surface area contributed by atoms with Gasteiger partial charge in [0.05, 0.1) is 11.7 Å². The third-order valence-electron chi connectivity index (χ3n) is 5.70. The number of rotatable bonds is 3. The SMILES string of the molecule is CN1CCCN(c2ccc(NC(=O)N3CCC[C@H]3c3ccsc3)cc2F)CC1. The van der Waals surface area contributed by atoms with Gasteiger partial charge in [-0.25, -0.2) is 9.18 Å². The Morgan fingerprint density at radius 2 is 2.04 bits per heavy atom. The molecule has 1 N–H and O–H groups in total. The number of nitrogens with zero attached hydrogens (tertiary/aromatic N) is 3. The van der Waals surface area contributed by atoms with Gasteiger partial charge < -0.3 is 20.0 Å². The Morgan fingerprint density at radius 1 is 1.14 bits per heavy atom. The zero-order chi connectivity index (χ0) is 19.5. The fourth-order valence-corrected chi connectivity index (χ4v) is 4.85. The molecule has 2 aliphatic heterocycles. The minimum absolute atomic E-state index is 0.115. The van der Waals surface area contributed by atoms with E-state index in [1.807, 2.05) is 10.3 Å². The van der Waals surface area contributed by atoms with Crippen molar-refractivity contribution < 1.29 is 9.18 Å². The molecule has 0 bridgehead atoms. The molecule has 2 saturated heterocycles. The number of hydrogen-bond donors (Lipinski definition) is 1. The molecular weight excluding hydrogens is 375 g/mol. The highest BCUT2D eigenvalue weighted by molar-refractivity contribution is 7.08. The first-order valence-electron chi connectivity index (χ1n) is 9.94. The zero-order valence-electron chi connectivity index (χ0n) is 16.2. The minimum Gasteiger partial charge on any atom is -0.368 e. The van der Waals surface area contributed by atoms with E-state index in [4.69, 9.17) is 0 Å². The third kappa shape index (κ3) is 4.15. The van der Waals surface area contributed by atoms with Gasteiger partial charge in [0.15, 0.2) is 0 Å². The van der Waals surface area contributed by atoms with Crippen molar-refractivity contribution in [2.24, 2.45) is 0 Å². The highest BCUT2D eigenvalue weighted by Crippen LogP contribution is 2.33. The Labute approximate surface area is 169 Å². The van der Waals surface area contributed by atoms with Crippen molar-refractivity contribution in [2.75, 3.05) is 50.0 Å². The van der Waals surface area contributed by atoms with Crippen LogP contribution in [-0.2, 0) is 0 Å². The Hall–Kier alpha value is -2.12. The normalized spacial score (nSPS) is 21.0. The number of halogens is 1. The Kier molecular flexibility index (Phi) is 5.82. The van der Waals surface area contributed by atoms with E-state index in [-0.39, 0.29) is 17.9 Å². The zero-order valence-corrected chi connectivity index (χ0v) is 17.1. The van der Waals surface area contributed by atoms with Crippen molar-refractivity contribution in [3.8, 4) is 0 Å². The first kappa shape index (κ1) is 19.2. The van der Waals surface area contributed by atoms with Crippen LogP contribution in [0.5, 0.6) is 0 Å². The van der Waals surface area contributed by atoms with Gasteiger partial charge >= 0.3 is 6.03 Å². The van der Waals surface area contributed by atoms with E-state index in [1.165, 1.54) is 11.6 Å². The number of carbonyl (C=O) groups excluding carboxylic acids is 1. The number of nitrogens with one attached hydrogen (secondary N) is 1. The lowest BCUT2D eigenvalue weighted by Gasteiger charge is -2.25. The number of hydrogen-bond acceptors (Lipinski definition) is 4. The van der Waals surface area contributed by atoms with Gasteiger partial charge in [-0.3, -0.25) is 0 Å². The van der Waals surface area contributed by atoms with Crippen molar-refractivity contribution in [3.05, 3.63) is 46.4 Å². The number of carbonyl (C=O) groups is 1. The predicted molar refractivity (Wildman–Crippen MR) is 113 cm³/mol. The summed E-state index contributed by atoms with van der Waals surface area (Å²) in [5.74, 6) is -0.279. The minimum atomic E-state index is -0.279. The van der Waals surface area contributed by atoms with E-state index in [0.717, 1.165) is 52.0 Å². The number of anilines is 2. The molecule has 28 heavy (non-hydrogen) atoms. The van der Waals surface area contributed by atoms with Crippen molar-refractivity contribution in [1.82, 2.24) is 9.80 Å². The second-order valence-corrected chi connectivity index (χ2v) is 8.43. The van der Waals surface area contributed by atoms with Gasteiger partial charge in [0.1, 0.15) is 5.82 Å². The number of likely N-dealkylation sites (tertiary alicyclic amines) is 1. The summed E-state index contributed by atoms with van der Waals surface area (Å²) >= 11 is 1.65. The van der Waals surface area contributed by atoms with E-state index in [2.05, 4.69) is 33.6 Å². The molecule has 1 atom stereocenters. The highest BCUT2D eigenvalue weighted by atomic mass is 32.1. The van der Waals surface area contributed by atoms with E-state index in [9.17, 15) is 9.18 Å². The standard InChI is InChI=1S/C21H27FN4OS/c1-24-8-3-9-25(12-11-24)20-6-5-17(14-18(20)22)23-21(27)26-10-2-4-19(26)16-7-13-28-15-16/h5-7,13-15,19H,2-4,8-12H2,1H3,(H,23,27)/t19-/m0/s1. The summed E-state index contributed by atoms with van der Waals surface area (Å²) in [7, 11) is 2.10. The fraction of sp³-hybridized carbons (Fsp3) is 0.476. The topological polar surface area (TPSA) is 38.8 Å². The van der Waals surface area contributed by atoms with Crippen LogP contribution < -0.4 is 10.2 Å². The molecule has 5 nitrogen and oxygen atoms in total. The quantitative estimate of drug-likeness (QED) is 0.827. The summed E-state index contributed by atoms with van der Waals surface area (Å²) in [5.41, 5.74) is 2.31. The van der Waals surface area contributed by atoms with Crippen LogP contribution in [-0.4, -0.2) is 55.6 Å². The molecule has 1 aromatic carbocycles. The van der Waals surface area contributed by atoms with E-state index in [0.29, 0.717) is 11.4 Å². The summed E-state index contributed by atoms with van der Waals surface area (Å²) in [6.07, 6.45) is 2.98. The predicted octanol–water partition coefficient (Wildman–Crippen LogP) is 4.40. The van der Waals surface area contributed by atoms with Crippen LogP contribution in [0.2, 0.25) is 0 Å². The molecule has 0 spiro atoms. The maximum absolute atomic E-state index is 14.8. The van der Waals surface area contributed by atoms with Crippen LogP contribution >= 0.6 is 11.3 Å². The maximum Gasteiger partial charge on any atom is 0.322 e. The molecule has 0 saturated carbocycles. The lowest BCUT2D eigenvalue weighted by molar-refractivity contribution is 0.207. The van der Waals surface area contributed by atoms with Crippen molar-refractivity contribution in [1.29, 1.82) is 0 Å². The molecule has 0 unspecified atom stereocenters. The Morgan fingerprint density at radius 3 is 2.82 bits per heavy atom. The highest BCUT2D eigenvalue weighted by Gasteiger charge is 2.30. The smallest absolute Gasteiger partial charge is 0.322 e. The Bertz CT molecular complexity index is 813. The second kappa shape index (κ2) is 8.49. The first-order chi connectivity index (χ1) is 13.6. The van der Waals surface area contributed by atoms with Crippen molar-refractivity contribution >= 4 is 28.7 Å². The number of likely N-dealkylation sites (N-methyl/N-ethyl adjacent to an activating group) is 1. The monoisotopic (exact) mass is 402 g/mol. The number of amides is 2. The summed E-state index contributed by atoms with van der Waals surface area (Å²) in [4.78, 5) is 19.0. The van der Waals surface area contributed by atoms with E-state index < -0.39 is 0 Å². The van der Waals surface area contributed by atoms with E-state index >= 15 is 0 Å². The molecule has 0 aliphatic carbocycles. The van der Waals surface area contributed by atoms with Crippen LogP contribution in [0.3, 0.4) is 0 Å². The van der Waals surface area contributed by atoms with Gasteiger partial charge in [-0.1, -0.05) is 0 Å². The van der Waals surface area contributed by atoms with Gasteiger partial charge in [0.2, 0.25) is 0 Å². The largest absolute Gasteiger partial charge is 0.368 e. The molecule has 2 amide bonds. The van der Waals surface area contributed by atoms with Gasteiger partial charge in [-0.05, 0) is 73.4 Å². The lowest BCUT2D eigenvalue weighted by Crippen LogP contribution is -2.34. The molecular formula is C21H27FN4OS. The third-order valence-corrected chi connectivity index (χ3v) is 6.40. The molecule has 2 aromatic rings. The van der Waals surface area contributed by atoms with Crippen molar-refractivity contribution in [2.45, 2.75) is 25.3 Å². The average Bonchev–Trinajstić information content (AvgIpc) is 3.32. The lowest BCUT2D eigenvalue weighted by atomic mass is 10.1. The van der Waals surface area contributed by atoms with Crippen LogP contribution in [0.4, 0.5) is 20.6 Å². The fourth-order valence-electron chi connectivity index (χ4n) is 4.14. The summed E-state index contributed by atoms with van der Waals surface area (Å²) in [5, 5.41) is 7.03. The number of urea groups is 1. The second-order valence-electron chi connectivity index (χ2n) is 7.65. The number of thiophene rings is 1. The molecule has 3 heterocycles. The molecule has 7 heteroatoms. The van der Waals surface area contributed by atoms with Gasteiger partial charge in [-0.15, -0.1) is 0 Å². The molecule has 0 radical (unpaired) electrons. The average molecular weight is 403 g/mol. The van der Waals surface area contributed by atoms with Crippen LogP contribution in [0.15, 0.2) is 35.0 Å². The summed E-state index contributed by atoms with van der Waals surface area (Å²) in [6, 6.07) is 7.07. The van der Waals surface area contributed by atoms with Crippen LogP contribution in [0.1, 0.15) is 30.9 Å². The Balaban J connectivity index is 1.43. The van der Waals surface area contributed by atoms with Crippen LogP contribution in [0, 0.1) is 5.82 Å². The number of benzene rings is 1. The molecule has 2 aliphatic rings. The summed E-state index contributed by atoms with van der Waals surface area (Å²) < 4.78 is 14.8. The summed E-state index contributed by atoms with van der Waals surface area (Å²) in [6.45, 7) is 4.36. The van der Waals surface area contributed by atoms with Crippen molar-refractivity contribution in [3.63, 3.8) is 0 Å². The molecule has 150 valence electrons. The van der Waals surface area contributed by atoms with Gasteiger partial charge in [-0.2, -0.15) is 11.3 Å². The van der Waals surface area contributed by atoms with Gasteiger partial charge in [0.25, 0.3) is 0 Å². The van der Waals surface area contributed by atoms with Gasteiger partial charge in [0, 0.05) is 31.9 Å². The molecule has 4 rings (SSSR count). The first-order valence-corrected chi connectivity index (χ1v) is 10.9. The van der Waals surface area contributed by atoms with E-state index in [1.54, 1.807) is 23.5 Å².